The molecule has 1 aromatic carbocycles. The van der Waals surface area contributed by atoms with Crippen molar-refractivity contribution in [1.29, 1.82) is 0 Å². The van der Waals surface area contributed by atoms with Crippen LogP contribution in [0, 0.1) is 0 Å². The summed E-state index contributed by atoms with van der Waals surface area (Å²) in [7, 11) is 0. The van der Waals surface area contributed by atoms with E-state index in [2.05, 4.69) is 62.0 Å². The van der Waals surface area contributed by atoms with Crippen molar-refractivity contribution in [3.8, 4) is 17.1 Å². The van der Waals surface area contributed by atoms with Crippen LogP contribution >= 0.6 is 11.8 Å². The number of hydrogen-bond donors (Lipinski definition) is 0. The fourth-order valence-electron chi connectivity index (χ4n) is 4.52. The highest BCUT2D eigenvalue weighted by Gasteiger charge is 2.47. The zero-order valence-corrected chi connectivity index (χ0v) is 19.5. The van der Waals surface area contributed by atoms with E-state index in [1.165, 1.54) is 0 Å². The zero-order chi connectivity index (χ0) is 21.8. The van der Waals surface area contributed by atoms with Crippen LogP contribution in [-0.4, -0.2) is 52.6 Å². The zero-order valence-electron chi connectivity index (χ0n) is 18.7. The molecule has 0 saturated carbocycles. The van der Waals surface area contributed by atoms with Crippen LogP contribution in [0.5, 0.6) is 5.75 Å². The Labute approximate surface area is 187 Å². The number of morpholine rings is 1. The molecule has 0 amide bonds. The van der Waals surface area contributed by atoms with Gasteiger partial charge in [0.25, 0.3) is 0 Å². The molecular weight excluding hydrogens is 408 g/mol. The van der Waals surface area contributed by atoms with E-state index in [9.17, 15) is 0 Å². The van der Waals surface area contributed by atoms with Crippen molar-refractivity contribution in [2.45, 2.75) is 44.0 Å². The summed E-state index contributed by atoms with van der Waals surface area (Å²) in [4.78, 5) is 16.8. The van der Waals surface area contributed by atoms with E-state index in [4.69, 9.17) is 19.4 Å². The Balaban J connectivity index is 1.74. The Hall–Kier alpha value is -2.38. The van der Waals surface area contributed by atoms with Gasteiger partial charge in [0, 0.05) is 23.3 Å². The third-order valence-corrected chi connectivity index (χ3v) is 7.59. The first-order valence-electron chi connectivity index (χ1n) is 10.6. The number of ether oxygens (including phenoxy) is 2. The number of hydrogen-bond acceptors (Lipinski definition) is 7. The van der Waals surface area contributed by atoms with Gasteiger partial charge in [-0.2, -0.15) is 11.8 Å². The number of pyridine rings is 1. The Morgan fingerprint density at radius 1 is 1.16 bits per heavy atom. The topological polar surface area (TPSA) is 60.4 Å². The summed E-state index contributed by atoms with van der Waals surface area (Å²) < 4.78 is 12.0. The lowest BCUT2D eigenvalue weighted by molar-refractivity contribution is 0.00707. The molecule has 2 aliphatic heterocycles. The van der Waals surface area contributed by atoms with Crippen molar-refractivity contribution < 1.29 is 9.47 Å². The molecule has 2 aromatic heterocycles. The third kappa shape index (κ3) is 3.34. The standard InChI is InChI=1S/C24H28N4O2S/c1-15-12-29-13-24(4)14-30-19-20(23(2,3)31-5)26-21(27-22(19)28(15)24)17-7-6-16-8-9-25-11-18(16)10-17/h6-11,15H,12-14H2,1-5H3/t15-,24+/m1/s1. The Morgan fingerprint density at radius 2 is 2.00 bits per heavy atom. The van der Waals surface area contributed by atoms with E-state index >= 15 is 0 Å². The van der Waals surface area contributed by atoms with Gasteiger partial charge >= 0.3 is 0 Å². The summed E-state index contributed by atoms with van der Waals surface area (Å²) in [5.41, 5.74) is 1.67. The summed E-state index contributed by atoms with van der Waals surface area (Å²) in [6, 6.07) is 8.53. The lowest BCUT2D eigenvalue weighted by atomic mass is 9.95. The van der Waals surface area contributed by atoms with Gasteiger partial charge in [0.1, 0.15) is 12.3 Å². The fraction of sp³-hybridized carbons (Fsp3) is 0.458. The summed E-state index contributed by atoms with van der Waals surface area (Å²) in [5, 5.41) is 2.23. The fourth-order valence-corrected chi connectivity index (χ4v) is 4.85. The molecular formula is C24H28N4O2S. The second-order valence-corrected chi connectivity index (χ2v) is 10.6. The lowest BCUT2D eigenvalue weighted by Gasteiger charge is -2.52. The van der Waals surface area contributed by atoms with Crippen LogP contribution in [0.1, 0.15) is 33.4 Å². The monoisotopic (exact) mass is 436 g/mol. The van der Waals surface area contributed by atoms with Crippen molar-refractivity contribution in [2.24, 2.45) is 0 Å². The summed E-state index contributed by atoms with van der Waals surface area (Å²) >= 11 is 1.77. The van der Waals surface area contributed by atoms with Crippen LogP contribution in [-0.2, 0) is 9.48 Å². The largest absolute Gasteiger partial charge is 0.485 e. The Morgan fingerprint density at radius 3 is 2.81 bits per heavy atom. The average molecular weight is 437 g/mol. The molecule has 162 valence electrons. The second kappa shape index (κ2) is 7.35. The van der Waals surface area contributed by atoms with Gasteiger partial charge in [-0.05, 0) is 51.5 Å². The van der Waals surface area contributed by atoms with E-state index in [1.54, 1.807) is 11.8 Å². The Bertz CT molecular complexity index is 1150. The highest BCUT2D eigenvalue weighted by Crippen LogP contribution is 2.48. The molecule has 7 heteroatoms. The summed E-state index contributed by atoms with van der Waals surface area (Å²) in [6.45, 7) is 10.6. The molecule has 31 heavy (non-hydrogen) atoms. The number of aromatic nitrogens is 3. The van der Waals surface area contributed by atoms with Crippen LogP contribution in [0.3, 0.4) is 0 Å². The van der Waals surface area contributed by atoms with Gasteiger partial charge in [0.15, 0.2) is 17.4 Å². The minimum absolute atomic E-state index is 0.204. The normalized spacial score (nSPS) is 23.3. The molecule has 1 fully saturated rings. The first-order chi connectivity index (χ1) is 14.8. The minimum atomic E-state index is -0.246. The van der Waals surface area contributed by atoms with Crippen molar-refractivity contribution in [3.63, 3.8) is 0 Å². The Kier molecular flexibility index (Phi) is 4.86. The molecule has 0 aliphatic carbocycles. The number of fused-ring (bicyclic) bond motifs is 4. The maximum Gasteiger partial charge on any atom is 0.184 e. The average Bonchev–Trinajstić information content (AvgIpc) is 2.77. The van der Waals surface area contributed by atoms with Gasteiger partial charge in [0.05, 0.1) is 29.5 Å². The predicted molar refractivity (Wildman–Crippen MR) is 126 cm³/mol. The van der Waals surface area contributed by atoms with Crippen molar-refractivity contribution >= 4 is 28.4 Å². The molecule has 0 bridgehead atoms. The van der Waals surface area contributed by atoms with Crippen LogP contribution in [0.2, 0.25) is 0 Å². The molecule has 2 aliphatic rings. The van der Waals surface area contributed by atoms with Gasteiger partial charge in [-0.25, -0.2) is 9.97 Å². The molecule has 4 heterocycles. The summed E-state index contributed by atoms with van der Waals surface area (Å²) in [5.74, 6) is 2.39. The smallest absolute Gasteiger partial charge is 0.184 e. The molecule has 6 nitrogen and oxygen atoms in total. The van der Waals surface area contributed by atoms with Gasteiger partial charge in [-0.3, -0.25) is 4.98 Å². The summed E-state index contributed by atoms with van der Waals surface area (Å²) in [6.07, 6.45) is 5.81. The maximum atomic E-state index is 6.35. The van der Waals surface area contributed by atoms with Crippen LogP contribution < -0.4 is 9.64 Å². The van der Waals surface area contributed by atoms with E-state index < -0.39 is 0 Å². The molecule has 0 spiro atoms. The molecule has 0 N–H and O–H groups in total. The first kappa shape index (κ1) is 20.5. The van der Waals surface area contributed by atoms with Gasteiger partial charge < -0.3 is 14.4 Å². The van der Waals surface area contributed by atoms with Crippen LogP contribution in [0.25, 0.3) is 22.2 Å². The highest BCUT2D eigenvalue weighted by atomic mass is 32.2. The van der Waals surface area contributed by atoms with Crippen LogP contribution in [0.4, 0.5) is 5.82 Å². The van der Waals surface area contributed by atoms with E-state index in [0.29, 0.717) is 25.6 Å². The third-order valence-electron chi connectivity index (χ3n) is 6.38. The molecule has 0 radical (unpaired) electrons. The van der Waals surface area contributed by atoms with E-state index in [-0.39, 0.29) is 16.3 Å². The molecule has 0 unspecified atom stereocenters. The van der Waals surface area contributed by atoms with Crippen molar-refractivity contribution in [2.75, 3.05) is 31.0 Å². The number of anilines is 1. The van der Waals surface area contributed by atoms with E-state index in [0.717, 1.165) is 33.6 Å². The SMILES string of the molecule is CSC(C)(C)c1nc(-c2ccc3ccncc3c2)nc2c1OC[C@]1(C)COC[C@@H](C)N21. The van der Waals surface area contributed by atoms with E-state index in [1.807, 2.05) is 18.5 Å². The van der Waals surface area contributed by atoms with Crippen molar-refractivity contribution in [3.05, 3.63) is 42.4 Å². The number of rotatable bonds is 3. The minimum Gasteiger partial charge on any atom is -0.485 e. The predicted octanol–water partition coefficient (Wildman–Crippen LogP) is 4.67. The van der Waals surface area contributed by atoms with Gasteiger partial charge in [0.2, 0.25) is 0 Å². The van der Waals surface area contributed by atoms with Gasteiger partial charge in [-0.1, -0.05) is 12.1 Å². The number of nitrogens with zero attached hydrogens (tertiary/aromatic N) is 4. The molecule has 3 aromatic rings. The van der Waals surface area contributed by atoms with Crippen LogP contribution in [0.15, 0.2) is 36.7 Å². The maximum absolute atomic E-state index is 6.35. The molecule has 5 rings (SSSR count). The lowest BCUT2D eigenvalue weighted by Crippen LogP contribution is -2.64. The first-order valence-corrected chi connectivity index (χ1v) is 11.9. The molecule has 2 atom stereocenters. The number of thioether (sulfide) groups is 1. The molecule has 1 saturated heterocycles. The van der Waals surface area contributed by atoms with Gasteiger partial charge in [-0.15, -0.1) is 0 Å². The van der Waals surface area contributed by atoms with Crippen molar-refractivity contribution in [1.82, 2.24) is 15.0 Å². The second-order valence-electron chi connectivity index (χ2n) is 9.22. The quantitative estimate of drug-likeness (QED) is 0.591. The number of benzene rings is 1. The highest BCUT2D eigenvalue weighted by molar-refractivity contribution is 7.99.